The lowest BCUT2D eigenvalue weighted by atomic mass is 9.85. The van der Waals surface area contributed by atoms with Crippen LogP contribution in [0.25, 0.3) is 0 Å². The summed E-state index contributed by atoms with van der Waals surface area (Å²) in [6.45, 7) is 7.63. The Hall–Kier alpha value is -1.55. The van der Waals surface area contributed by atoms with Gasteiger partial charge in [-0.3, -0.25) is 9.69 Å². The maximum atomic E-state index is 11.3. The molecule has 0 bridgehead atoms. The van der Waals surface area contributed by atoms with Crippen LogP contribution < -0.4 is 4.74 Å². The number of rotatable bonds is 7. The van der Waals surface area contributed by atoms with Crippen LogP contribution in [0, 0.1) is 0 Å². The van der Waals surface area contributed by atoms with Crippen LogP contribution in [0.3, 0.4) is 0 Å². The van der Waals surface area contributed by atoms with Gasteiger partial charge in [0.2, 0.25) is 0 Å². The van der Waals surface area contributed by atoms with Crippen molar-refractivity contribution in [1.29, 1.82) is 0 Å². The largest absolute Gasteiger partial charge is 0.496 e. The summed E-state index contributed by atoms with van der Waals surface area (Å²) in [6.07, 6.45) is 0.0506. The Morgan fingerprint density at radius 2 is 1.89 bits per heavy atom. The zero-order valence-electron chi connectivity index (χ0n) is 12.1. The molecule has 0 spiro atoms. The van der Waals surface area contributed by atoms with Crippen molar-refractivity contribution in [2.75, 3.05) is 20.2 Å². The van der Waals surface area contributed by atoms with Gasteiger partial charge in [-0.2, -0.15) is 0 Å². The van der Waals surface area contributed by atoms with Crippen molar-refractivity contribution in [3.8, 4) is 5.75 Å². The van der Waals surface area contributed by atoms with Gasteiger partial charge in [0.05, 0.1) is 19.1 Å². The highest BCUT2D eigenvalue weighted by atomic mass is 16.5. The van der Waals surface area contributed by atoms with E-state index in [2.05, 4.69) is 4.90 Å². The molecular formula is C15H23NO3. The first kappa shape index (κ1) is 15.5. The fraction of sp³-hybridized carbons (Fsp3) is 0.533. The predicted molar refractivity (Wildman–Crippen MR) is 75.5 cm³/mol. The van der Waals surface area contributed by atoms with Gasteiger partial charge in [0.1, 0.15) is 5.75 Å². The number of nitrogens with zero attached hydrogens (tertiary/aromatic N) is 1. The molecule has 0 heterocycles. The van der Waals surface area contributed by atoms with Gasteiger partial charge in [0, 0.05) is 5.56 Å². The lowest BCUT2D eigenvalue weighted by Gasteiger charge is -2.40. The highest BCUT2D eigenvalue weighted by Gasteiger charge is 2.36. The molecule has 0 aliphatic rings. The fourth-order valence-electron chi connectivity index (χ4n) is 2.68. The zero-order valence-corrected chi connectivity index (χ0v) is 12.1. The number of methoxy groups -OCH3 is 1. The molecular weight excluding hydrogens is 242 g/mol. The summed E-state index contributed by atoms with van der Waals surface area (Å²) in [7, 11) is 1.61. The maximum absolute atomic E-state index is 11.3. The first-order valence-electron chi connectivity index (χ1n) is 6.59. The molecule has 0 radical (unpaired) electrons. The minimum Gasteiger partial charge on any atom is -0.496 e. The van der Waals surface area contributed by atoms with E-state index in [-0.39, 0.29) is 6.42 Å². The summed E-state index contributed by atoms with van der Waals surface area (Å²) in [5.74, 6) is -0.0709. The summed E-state index contributed by atoms with van der Waals surface area (Å²) < 4.78 is 5.39. The predicted octanol–water partition coefficient (Wildman–Crippen LogP) is 2.73. The van der Waals surface area contributed by atoms with Crippen LogP contribution in [0.1, 0.15) is 32.8 Å². The Balaban J connectivity index is 3.33. The summed E-state index contributed by atoms with van der Waals surface area (Å²) >= 11 is 0. The zero-order chi connectivity index (χ0) is 14.5. The van der Waals surface area contributed by atoms with Gasteiger partial charge in [0.15, 0.2) is 0 Å². The number of carbonyl (C=O) groups is 1. The van der Waals surface area contributed by atoms with Crippen LogP contribution in [0.4, 0.5) is 0 Å². The molecule has 0 aliphatic carbocycles. The highest BCUT2D eigenvalue weighted by Crippen LogP contribution is 2.37. The second-order valence-electron chi connectivity index (χ2n) is 4.72. The second kappa shape index (κ2) is 6.57. The molecule has 1 atom stereocenters. The standard InChI is InChI=1S/C15H23NO3/c1-5-16(6-2)15(3,11-14(17)18)12-9-7-8-10-13(12)19-4/h7-10H,5-6,11H2,1-4H3,(H,17,18). The van der Waals surface area contributed by atoms with Gasteiger partial charge in [-0.05, 0) is 26.1 Å². The SMILES string of the molecule is CCN(CC)C(C)(CC(=O)O)c1ccccc1OC. The minimum atomic E-state index is -0.805. The number of carboxylic acid groups (broad SMARTS) is 1. The normalized spacial score (nSPS) is 14.2. The van der Waals surface area contributed by atoms with E-state index < -0.39 is 11.5 Å². The first-order valence-corrected chi connectivity index (χ1v) is 6.59. The molecule has 1 aromatic carbocycles. The van der Waals surface area contributed by atoms with Gasteiger partial charge in [-0.15, -0.1) is 0 Å². The Bertz CT molecular complexity index is 429. The van der Waals surface area contributed by atoms with E-state index in [0.29, 0.717) is 0 Å². The summed E-state index contributed by atoms with van der Waals surface area (Å²) in [5, 5.41) is 9.25. The second-order valence-corrected chi connectivity index (χ2v) is 4.72. The molecule has 0 amide bonds. The number of aliphatic carboxylic acids is 1. The number of hydrogen-bond donors (Lipinski definition) is 1. The average molecular weight is 265 g/mol. The molecule has 0 saturated carbocycles. The molecule has 4 heteroatoms. The van der Waals surface area contributed by atoms with Crippen LogP contribution in [0.5, 0.6) is 5.75 Å². The number of para-hydroxylation sites is 1. The first-order chi connectivity index (χ1) is 8.99. The highest BCUT2D eigenvalue weighted by molar-refractivity contribution is 5.69. The molecule has 1 N–H and O–H groups in total. The number of carboxylic acids is 1. The lowest BCUT2D eigenvalue weighted by Crippen LogP contribution is -2.45. The van der Waals surface area contributed by atoms with Crippen molar-refractivity contribution in [3.63, 3.8) is 0 Å². The average Bonchev–Trinajstić information content (AvgIpc) is 2.39. The van der Waals surface area contributed by atoms with E-state index in [9.17, 15) is 9.90 Å². The molecule has 1 rings (SSSR count). The smallest absolute Gasteiger partial charge is 0.305 e. The van der Waals surface area contributed by atoms with Crippen molar-refractivity contribution in [2.24, 2.45) is 0 Å². The van der Waals surface area contributed by atoms with Crippen LogP contribution in [-0.4, -0.2) is 36.2 Å². The summed E-state index contributed by atoms with van der Waals surface area (Å²) in [5.41, 5.74) is 0.352. The van der Waals surface area contributed by atoms with Crippen molar-refractivity contribution < 1.29 is 14.6 Å². The third kappa shape index (κ3) is 3.26. The van der Waals surface area contributed by atoms with Gasteiger partial charge in [-0.1, -0.05) is 32.0 Å². The van der Waals surface area contributed by atoms with E-state index >= 15 is 0 Å². The number of benzene rings is 1. The van der Waals surface area contributed by atoms with Gasteiger partial charge in [-0.25, -0.2) is 0 Å². The Labute approximate surface area is 115 Å². The van der Waals surface area contributed by atoms with Gasteiger partial charge in [0.25, 0.3) is 0 Å². The molecule has 0 saturated heterocycles. The Morgan fingerprint density at radius 1 is 1.32 bits per heavy atom. The van der Waals surface area contributed by atoms with Crippen molar-refractivity contribution in [1.82, 2.24) is 4.90 Å². The lowest BCUT2D eigenvalue weighted by molar-refractivity contribution is -0.140. The topological polar surface area (TPSA) is 49.8 Å². The number of ether oxygens (including phenoxy) is 1. The molecule has 0 fully saturated rings. The van der Waals surface area contributed by atoms with E-state index in [0.717, 1.165) is 24.4 Å². The molecule has 4 nitrogen and oxygen atoms in total. The van der Waals surface area contributed by atoms with Crippen molar-refractivity contribution >= 4 is 5.97 Å². The molecule has 0 aromatic heterocycles. The monoisotopic (exact) mass is 265 g/mol. The molecule has 1 aromatic rings. The molecule has 0 aliphatic heterocycles. The Morgan fingerprint density at radius 3 is 2.37 bits per heavy atom. The van der Waals surface area contributed by atoms with E-state index in [1.165, 1.54) is 0 Å². The molecule has 19 heavy (non-hydrogen) atoms. The third-order valence-corrected chi connectivity index (χ3v) is 3.64. The van der Waals surface area contributed by atoms with E-state index in [1.54, 1.807) is 7.11 Å². The van der Waals surface area contributed by atoms with Crippen LogP contribution in [0.15, 0.2) is 24.3 Å². The van der Waals surface area contributed by atoms with Gasteiger partial charge >= 0.3 is 5.97 Å². The van der Waals surface area contributed by atoms with Crippen molar-refractivity contribution in [2.45, 2.75) is 32.7 Å². The number of hydrogen-bond acceptors (Lipinski definition) is 3. The fourth-order valence-corrected chi connectivity index (χ4v) is 2.68. The van der Waals surface area contributed by atoms with Crippen LogP contribution in [-0.2, 0) is 10.3 Å². The maximum Gasteiger partial charge on any atom is 0.305 e. The molecule has 1 unspecified atom stereocenters. The quantitative estimate of drug-likeness (QED) is 0.823. The Kier molecular flexibility index (Phi) is 5.36. The van der Waals surface area contributed by atoms with Crippen LogP contribution >= 0.6 is 0 Å². The minimum absolute atomic E-state index is 0.0506. The molecule has 106 valence electrons. The van der Waals surface area contributed by atoms with Crippen molar-refractivity contribution in [3.05, 3.63) is 29.8 Å². The van der Waals surface area contributed by atoms with Gasteiger partial charge < -0.3 is 9.84 Å². The summed E-state index contributed by atoms with van der Waals surface area (Å²) in [6, 6.07) is 7.63. The van der Waals surface area contributed by atoms with E-state index in [4.69, 9.17) is 4.74 Å². The van der Waals surface area contributed by atoms with E-state index in [1.807, 2.05) is 45.0 Å². The van der Waals surface area contributed by atoms with Crippen LogP contribution in [0.2, 0.25) is 0 Å². The third-order valence-electron chi connectivity index (χ3n) is 3.64. The summed E-state index contributed by atoms with van der Waals surface area (Å²) in [4.78, 5) is 13.4.